The van der Waals surface area contributed by atoms with Crippen LogP contribution in [0, 0.1) is 17.6 Å². The molecule has 0 bridgehead atoms. The summed E-state index contributed by atoms with van der Waals surface area (Å²) >= 11 is 0. The average molecular weight is 238 g/mol. The Morgan fingerprint density at radius 2 is 1.88 bits per heavy atom. The normalized spacial score (nSPS) is 17.1. The summed E-state index contributed by atoms with van der Waals surface area (Å²) < 4.78 is 26.4. The van der Waals surface area contributed by atoms with Gasteiger partial charge in [-0.3, -0.25) is 4.79 Å². The van der Waals surface area contributed by atoms with Gasteiger partial charge in [-0.1, -0.05) is 31.4 Å². The first-order valence-corrected chi connectivity index (χ1v) is 6.14. The smallest absolute Gasteiger partial charge is 0.162 e. The number of benzene rings is 1. The maximum Gasteiger partial charge on any atom is 0.162 e. The van der Waals surface area contributed by atoms with E-state index in [1.165, 1.54) is 18.6 Å². The monoisotopic (exact) mass is 238 g/mol. The molecular formula is C14H16F2O. The quantitative estimate of drug-likeness (QED) is 0.785. The van der Waals surface area contributed by atoms with E-state index in [2.05, 4.69) is 0 Å². The molecule has 1 aromatic carbocycles. The molecule has 0 saturated heterocycles. The Hall–Kier alpha value is -1.25. The van der Waals surface area contributed by atoms with Crippen molar-refractivity contribution in [2.75, 3.05) is 0 Å². The fourth-order valence-corrected chi connectivity index (χ4v) is 2.44. The zero-order valence-corrected chi connectivity index (χ0v) is 9.72. The van der Waals surface area contributed by atoms with Crippen molar-refractivity contribution in [2.24, 2.45) is 5.92 Å². The lowest BCUT2D eigenvalue weighted by molar-refractivity contribution is -0.123. The number of halogens is 2. The number of carbonyl (C=O) groups is 1. The molecule has 2 rings (SSSR count). The Morgan fingerprint density at radius 1 is 1.18 bits per heavy atom. The van der Waals surface area contributed by atoms with Gasteiger partial charge in [0.25, 0.3) is 0 Å². The van der Waals surface area contributed by atoms with Gasteiger partial charge < -0.3 is 0 Å². The van der Waals surface area contributed by atoms with Crippen LogP contribution in [0.25, 0.3) is 0 Å². The lowest BCUT2D eigenvalue weighted by Gasteiger charge is -2.20. The molecule has 1 aromatic rings. The highest BCUT2D eigenvalue weighted by Gasteiger charge is 2.22. The Labute approximate surface area is 99.8 Å². The third kappa shape index (κ3) is 2.90. The number of rotatable bonds is 3. The van der Waals surface area contributed by atoms with Crippen molar-refractivity contribution in [3.05, 3.63) is 35.4 Å². The third-order valence-corrected chi connectivity index (χ3v) is 3.46. The van der Waals surface area contributed by atoms with Crippen molar-refractivity contribution in [2.45, 2.75) is 38.5 Å². The van der Waals surface area contributed by atoms with Gasteiger partial charge in [-0.15, -0.1) is 0 Å². The van der Waals surface area contributed by atoms with Gasteiger partial charge in [0.2, 0.25) is 0 Å². The summed E-state index contributed by atoms with van der Waals surface area (Å²) in [7, 11) is 0. The van der Waals surface area contributed by atoms with Crippen LogP contribution in [-0.4, -0.2) is 5.78 Å². The first kappa shape index (κ1) is 12.2. The van der Waals surface area contributed by atoms with E-state index in [9.17, 15) is 13.6 Å². The van der Waals surface area contributed by atoms with Crippen molar-refractivity contribution < 1.29 is 13.6 Å². The molecular weight excluding hydrogens is 222 g/mol. The molecule has 0 N–H and O–H groups in total. The van der Waals surface area contributed by atoms with E-state index in [1.807, 2.05) is 0 Å². The predicted octanol–water partition coefficient (Wildman–Crippen LogP) is 3.66. The highest BCUT2D eigenvalue weighted by molar-refractivity contribution is 5.83. The van der Waals surface area contributed by atoms with E-state index < -0.39 is 11.6 Å². The summed E-state index contributed by atoms with van der Waals surface area (Å²) in [5.41, 5.74) is 0.181. The van der Waals surface area contributed by atoms with Crippen molar-refractivity contribution >= 4 is 5.78 Å². The van der Waals surface area contributed by atoms with Gasteiger partial charge in [0.05, 0.1) is 0 Å². The average Bonchev–Trinajstić information content (AvgIpc) is 2.36. The highest BCUT2D eigenvalue weighted by atomic mass is 19.2. The standard InChI is InChI=1S/C14H16F2O/c15-12-8-4-7-11(14(12)16)9-13(17)10-5-2-1-3-6-10/h4,7-8,10H,1-3,5-6,9H2. The van der Waals surface area contributed by atoms with E-state index >= 15 is 0 Å². The Kier molecular flexibility index (Phi) is 3.87. The summed E-state index contributed by atoms with van der Waals surface area (Å²) in [6, 6.07) is 4.00. The van der Waals surface area contributed by atoms with Crippen molar-refractivity contribution in [3.8, 4) is 0 Å². The van der Waals surface area contributed by atoms with Gasteiger partial charge in [0.15, 0.2) is 11.6 Å². The lowest BCUT2D eigenvalue weighted by atomic mass is 9.84. The second kappa shape index (κ2) is 5.39. The Balaban J connectivity index is 2.04. The van der Waals surface area contributed by atoms with E-state index in [0.29, 0.717) is 0 Å². The summed E-state index contributed by atoms with van der Waals surface area (Å²) in [4.78, 5) is 11.9. The number of hydrogen-bond donors (Lipinski definition) is 0. The molecule has 0 aliphatic heterocycles. The maximum absolute atomic E-state index is 13.4. The molecule has 0 aromatic heterocycles. The van der Waals surface area contributed by atoms with Crippen LogP contribution >= 0.6 is 0 Å². The molecule has 17 heavy (non-hydrogen) atoms. The van der Waals surface area contributed by atoms with Gasteiger partial charge in [0, 0.05) is 12.3 Å². The summed E-state index contributed by atoms with van der Waals surface area (Å²) in [6.45, 7) is 0. The first-order valence-electron chi connectivity index (χ1n) is 6.14. The number of hydrogen-bond acceptors (Lipinski definition) is 1. The van der Waals surface area contributed by atoms with Gasteiger partial charge in [-0.05, 0) is 24.5 Å². The topological polar surface area (TPSA) is 17.1 Å². The second-order valence-corrected chi connectivity index (χ2v) is 4.69. The van der Waals surface area contributed by atoms with Gasteiger partial charge >= 0.3 is 0 Å². The summed E-state index contributed by atoms with van der Waals surface area (Å²) in [5.74, 6) is -1.66. The van der Waals surface area contributed by atoms with E-state index in [4.69, 9.17) is 0 Å². The minimum Gasteiger partial charge on any atom is -0.299 e. The molecule has 3 heteroatoms. The zero-order valence-electron chi connectivity index (χ0n) is 9.72. The van der Waals surface area contributed by atoms with E-state index in [-0.39, 0.29) is 23.7 Å². The Morgan fingerprint density at radius 3 is 2.59 bits per heavy atom. The zero-order chi connectivity index (χ0) is 12.3. The lowest BCUT2D eigenvalue weighted by Crippen LogP contribution is -2.20. The van der Waals surface area contributed by atoms with Crippen LogP contribution in [0.2, 0.25) is 0 Å². The van der Waals surface area contributed by atoms with E-state index in [0.717, 1.165) is 31.7 Å². The maximum atomic E-state index is 13.4. The number of ketones is 1. The summed E-state index contributed by atoms with van der Waals surface area (Å²) in [6.07, 6.45) is 5.14. The van der Waals surface area contributed by atoms with Crippen LogP contribution < -0.4 is 0 Å². The molecule has 1 aliphatic carbocycles. The fraction of sp³-hybridized carbons (Fsp3) is 0.500. The molecule has 0 atom stereocenters. The van der Waals surface area contributed by atoms with Crippen LogP contribution in [0.15, 0.2) is 18.2 Å². The molecule has 1 fully saturated rings. The molecule has 0 heterocycles. The minimum atomic E-state index is -0.878. The van der Waals surface area contributed by atoms with Crippen LogP contribution in [-0.2, 0) is 11.2 Å². The minimum absolute atomic E-state index is 0.0221. The number of Topliss-reactive ketones (excluding diaryl/α,β-unsaturated/α-hetero) is 1. The highest BCUT2D eigenvalue weighted by Crippen LogP contribution is 2.26. The van der Waals surface area contributed by atoms with Crippen molar-refractivity contribution in [1.29, 1.82) is 0 Å². The molecule has 0 amide bonds. The fourth-order valence-electron chi connectivity index (χ4n) is 2.44. The van der Waals surface area contributed by atoms with Crippen molar-refractivity contribution in [1.82, 2.24) is 0 Å². The van der Waals surface area contributed by atoms with E-state index in [1.54, 1.807) is 0 Å². The van der Waals surface area contributed by atoms with Gasteiger partial charge in [-0.2, -0.15) is 0 Å². The first-order chi connectivity index (χ1) is 8.18. The van der Waals surface area contributed by atoms with Crippen LogP contribution in [0.1, 0.15) is 37.7 Å². The van der Waals surface area contributed by atoms with Crippen LogP contribution in [0.4, 0.5) is 8.78 Å². The van der Waals surface area contributed by atoms with Crippen LogP contribution in [0.3, 0.4) is 0 Å². The summed E-state index contributed by atoms with van der Waals surface area (Å²) in [5, 5.41) is 0. The SMILES string of the molecule is O=C(Cc1cccc(F)c1F)C1CCCCC1. The molecule has 0 unspecified atom stereocenters. The largest absolute Gasteiger partial charge is 0.299 e. The molecule has 0 spiro atoms. The predicted molar refractivity (Wildman–Crippen MR) is 61.6 cm³/mol. The molecule has 1 nitrogen and oxygen atoms in total. The molecule has 1 saturated carbocycles. The van der Waals surface area contributed by atoms with Crippen LogP contribution in [0.5, 0.6) is 0 Å². The van der Waals surface area contributed by atoms with Crippen molar-refractivity contribution in [3.63, 3.8) is 0 Å². The van der Waals surface area contributed by atoms with Gasteiger partial charge in [0.1, 0.15) is 5.78 Å². The Bertz CT molecular complexity index is 409. The molecule has 1 aliphatic rings. The molecule has 92 valence electrons. The second-order valence-electron chi connectivity index (χ2n) is 4.69. The number of carbonyl (C=O) groups excluding carboxylic acids is 1. The third-order valence-electron chi connectivity index (χ3n) is 3.46. The van der Waals surface area contributed by atoms with Gasteiger partial charge in [-0.25, -0.2) is 8.78 Å². The molecule has 0 radical (unpaired) electrons.